The van der Waals surface area contributed by atoms with Gasteiger partial charge >= 0.3 is 0 Å². The number of hydrogen-bond acceptors (Lipinski definition) is 3. The molecule has 0 aliphatic carbocycles. The van der Waals surface area contributed by atoms with Gasteiger partial charge in [-0.25, -0.2) is 0 Å². The van der Waals surface area contributed by atoms with Crippen LogP contribution in [-0.2, 0) is 0 Å². The molecule has 0 spiro atoms. The van der Waals surface area contributed by atoms with E-state index in [1.165, 1.54) is 64.2 Å². The molecule has 0 aromatic carbocycles. The molecule has 0 saturated carbocycles. The van der Waals surface area contributed by atoms with Crippen LogP contribution in [0.4, 0.5) is 0 Å². The first-order chi connectivity index (χ1) is 10.5. The third-order valence-corrected chi connectivity index (χ3v) is 4.75. The van der Waals surface area contributed by atoms with E-state index in [9.17, 15) is 10.2 Å². The predicted octanol–water partition coefficient (Wildman–Crippen LogP) is 4.39. The lowest BCUT2D eigenvalue weighted by atomic mass is 9.87. The van der Waals surface area contributed by atoms with Gasteiger partial charge in [0.15, 0.2) is 0 Å². The molecule has 0 heterocycles. The van der Waals surface area contributed by atoms with E-state index in [1.54, 1.807) is 13.8 Å². The molecule has 3 nitrogen and oxygen atoms in total. The van der Waals surface area contributed by atoms with Crippen LogP contribution >= 0.6 is 0 Å². The van der Waals surface area contributed by atoms with Gasteiger partial charge in [-0.3, -0.25) is 0 Å². The summed E-state index contributed by atoms with van der Waals surface area (Å²) in [6.45, 7) is 5.70. The van der Waals surface area contributed by atoms with Crippen LogP contribution in [0, 0.1) is 5.92 Å². The minimum Gasteiger partial charge on any atom is -0.393 e. The van der Waals surface area contributed by atoms with Crippen molar-refractivity contribution >= 4 is 0 Å². The summed E-state index contributed by atoms with van der Waals surface area (Å²) in [6, 6.07) is -0.0986. The van der Waals surface area contributed by atoms with Crippen LogP contribution in [0.25, 0.3) is 0 Å². The van der Waals surface area contributed by atoms with Gasteiger partial charge in [0.2, 0.25) is 0 Å². The molecule has 3 heteroatoms. The van der Waals surface area contributed by atoms with Crippen LogP contribution in [0.3, 0.4) is 0 Å². The number of aliphatic hydroxyl groups excluding tert-OH is 2. The van der Waals surface area contributed by atoms with Crippen LogP contribution in [0.5, 0.6) is 0 Å². The zero-order chi connectivity index (χ0) is 16.8. The van der Waals surface area contributed by atoms with Crippen molar-refractivity contribution in [2.75, 3.05) is 0 Å². The quantitative estimate of drug-likeness (QED) is 0.393. The van der Waals surface area contributed by atoms with Crippen molar-refractivity contribution in [3.8, 4) is 0 Å². The first-order valence-electron chi connectivity index (χ1n) is 9.62. The van der Waals surface area contributed by atoms with Crippen LogP contribution in [-0.4, -0.2) is 28.5 Å². The van der Waals surface area contributed by atoms with Crippen LogP contribution in [0.2, 0.25) is 0 Å². The highest BCUT2D eigenvalue weighted by molar-refractivity contribution is 4.81. The Kier molecular flexibility index (Phi) is 14.4. The van der Waals surface area contributed by atoms with Gasteiger partial charge in [0.25, 0.3) is 0 Å². The van der Waals surface area contributed by atoms with E-state index in [2.05, 4.69) is 6.92 Å². The molecule has 0 aliphatic heterocycles. The number of aliphatic hydroxyl groups is 2. The Morgan fingerprint density at radius 2 is 1.05 bits per heavy atom. The molecule has 4 N–H and O–H groups in total. The van der Waals surface area contributed by atoms with E-state index < -0.39 is 12.2 Å². The van der Waals surface area contributed by atoms with Gasteiger partial charge in [0.05, 0.1) is 12.2 Å². The molecular formula is C19H41NO2. The number of unbranched alkanes of at least 4 members (excludes halogenated alkanes) is 10. The molecule has 0 amide bonds. The van der Waals surface area contributed by atoms with Crippen molar-refractivity contribution in [3.05, 3.63) is 0 Å². The summed E-state index contributed by atoms with van der Waals surface area (Å²) in [7, 11) is 0. The summed E-state index contributed by atoms with van der Waals surface area (Å²) in [4.78, 5) is 0. The summed E-state index contributed by atoms with van der Waals surface area (Å²) in [5.74, 6) is -0.205. The fourth-order valence-corrected chi connectivity index (χ4v) is 3.36. The van der Waals surface area contributed by atoms with Crippen LogP contribution in [0.15, 0.2) is 0 Å². The zero-order valence-electron chi connectivity index (χ0n) is 15.3. The van der Waals surface area contributed by atoms with Gasteiger partial charge in [-0.05, 0) is 20.3 Å². The lowest BCUT2D eigenvalue weighted by molar-refractivity contribution is 0.0159. The van der Waals surface area contributed by atoms with Gasteiger partial charge in [-0.2, -0.15) is 0 Å². The topological polar surface area (TPSA) is 66.5 Å². The van der Waals surface area contributed by atoms with E-state index in [4.69, 9.17) is 5.73 Å². The number of nitrogens with two attached hydrogens (primary N) is 1. The molecule has 0 fully saturated rings. The first kappa shape index (κ1) is 21.9. The molecule has 0 saturated heterocycles. The Labute approximate surface area is 138 Å². The fraction of sp³-hybridized carbons (Fsp3) is 1.00. The van der Waals surface area contributed by atoms with Gasteiger partial charge in [0.1, 0.15) is 0 Å². The highest BCUT2D eigenvalue weighted by atomic mass is 16.3. The second kappa shape index (κ2) is 14.5. The third kappa shape index (κ3) is 11.4. The second-order valence-corrected chi connectivity index (χ2v) is 7.05. The molecule has 0 radical (unpaired) electrons. The standard InChI is InChI=1S/C19H41NO2/c1-4-5-6-7-8-9-10-11-12-13-14-15-18(20)19(16(2)21)17(3)22/h16-19,21-22H,4-15,20H2,1-3H3. The normalized spacial score (nSPS) is 17.2. The first-order valence-corrected chi connectivity index (χ1v) is 9.62. The van der Waals surface area contributed by atoms with E-state index in [0.29, 0.717) is 0 Å². The second-order valence-electron chi connectivity index (χ2n) is 7.05. The Balaban J connectivity index is 3.45. The summed E-state index contributed by atoms with van der Waals surface area (Å²) >= 11 is 0. The van der Waals surface area contributed by atoms with Crippen molar-refractivity contribution in [2.24, 2.45) is 11.7 Å². The van der Waals surface area contributed by atoms with Crippen LogP contribution < -0.4 is 5.73 Å². The Morgan fingerprint density at radius 1 is 0.682 bits per heavy atom. The largest absolute Gasteiger partial charge is 0.393 e. The van der Waals surface area contributed by atoms with Crippen molar-refractivity contribution in [1.82, 2.24) is 0 Å². The van der Waals surface area contributed by atoms with Gasteiger partial charge in [0, 0.05) is 12.0 Å². The molecule has 3 atom stereocenters. The van der Waals surface area contributed by atoms with Crippen molar-refractivity contribution < 1.29 is 10.2 Å². The monoisotopic (exact) mass is 315 g/mol. The maximum atomic E-state index is 9.69. The molecule has 22 heavy (non-hydrogen) atoms. The van der Waals surface area contributed by atoms with Gasteiger partial charge < -0.3 is 15.9 Å². The van der Waals surface area contributed by atoms with Crippen molar-refractivity contribution in [2.45, 2.75) is 116 Å². The third-order valence-electron chi connectivity index (χ3n) is 4.75. The summed E-state index contributed by atoms with van der Waals surface area (Å²) < 4.78 is 0. The minimum absolute atomic E-state index is 0.0986. The molecule has 0 aromatic heterocycles. The highest BCUT2D eigenvalue weighted by Crippen LogP contribution is 2.18. The van der Waals surface area contributed by atoms with Gasteiger partial charge in [-0.15, -0.1) is 0 Å². The maximum Gasteiger partial charge on any atom is 0.0579 e. The Hall–Kier alpha value is -0.120. The van der Waals surface area contributed by atoms with Crippen molar-refractivity contribution in [3.63, 3.8) is 0 Å². The summed E-state index contributed by atoms with van der Waals surface area (Å²) in [5, 5.41) is 19.4. The molecule has 0 rings (SSSR count). The smallest absolute Gasteiger partial charge is 0.0579 e. The molecule has 0 bridgehead atoms. The lowest BCUT2D eigenvalue weighted by Crippen LogP contribution is -2.43. The predicted molar refractivity (Wildman–Crippen MR) is 95.9 cm³/mol. The highest BCUT2D eigenvalue weighted by Gasteiger charge is 2.26. The minimum atomic E-state index is -0.539. The van der Waals surface area contributed by atoms with E-state index in [1.807, 2.05) is 0 Å². The van der Waals surface area contributed by atoms with Crippen molar-refractivity contribution in [1.29, 1.82) is 0 Å². The zero-order valence-corrected chi connectivity index (χ0v) is 15.3. The Morgan fingerprint density at radius 3 is 1.41 bits per heavy atom. The van der Waals surface area contributed by atoms with E-state index >= 15 is 0 Å². The molecule has 0 aromatic rings. The van der Waals surface area contributed by atoms with Gasteiger partial charge in [-0.1, -0.05) is 77.6 Å². The lowest BCUT2D eigenvalue weighted by Gasteiger charge is -2.28. The number of hydrogen-bond donors (Lipinski definition) is 3. The molecule has 3 unspecified atom stereocenters. The SMILES string of the molecule is CCCCCCCCCCCCCC(N)C(C(C)O)C(C)O. The summed E-state index contributed by atoms with van der Waals surface area (Å²) in [6.07, 6.45) is 14.4. The maximum absolute atomic E-state index is 9.69. The average molecular weight is 316 g/mol. The Bertz CT molecular complexity index is 223. The fourth-order valence-electron chi connectivity index (χ4n) is 3.36. The van der Waals surface area contributed by atoms with E-state index in [-0.39, 0.29) is 12.0 Å². The van der Waals surface area contributed by atoms with Crippen LogP contribution in [0.1, 0.15) is 97.8 Å². The summed E-state index contributed by atoms with van der Waals surface area (Å²) in [5.41, 5.74) is 6.12. The average Bonchev–Trinajstić information content (AvgIpc) is 2.44. The molecular weight excluding hydrogens is 274 g/mol. The van der Waals surface area contributed by atoms with E-state index in [0.717, 1.165) is 12.8 Å². The molecule has 0 aliphatic rings. The number of rotatable bonds is 15. The molecule has 134 valence electrons.